The zero-order chi connectivity index (χ0) is 19.8. The molecule has 0 amide bonds. The van der Waals surface area contributed by atoms with Crippen LogP contribution in [0, 0.1) is 0 Å². The van der Waals surface area contributed by atoms with E-state index in [1.54, 1.807) is 13.4 Å². The van der Waals surface area contributed by atoms with Crippen LogP contribution in [0.1, 0.15) is 22.6 Å². The molecule has 4 heteroatoms. The Morgan fingerprint density at radius 2 is 1.76 bits per heavy atom. The van der Waals surface area contributed by atoms with Crippen molar-refractivity contribution in [3.8, 4) is 16.9 Å². The normalized spacial score (nSPS) is 16.6. The molecule has 1 aliphatic heterocycles. The number of hydrogen-bond donors (Lipinski definition) is 0. The van der Waals surface area contributed by atoms with Crippen molar-refractivity contribution in [1.82, 2.24) is 14.9 Å². The third kappa shape index (κ3) is 3.15. The summed E-state index contributed by atoms with van der Waals surface area (Å²) in [5.41, 5.74) is 5.95. The van der Waals surface area contributed by atoms with Crippen molar-refractivity contribution >= 4 is 10.8 Å². The zero-order valence-corrected chi connectivity index (χ0v) is 16.7. The number of methoxy groups -OCH3 is 1. The lowest BCUT2D eigenvalue weighted by molar-refractivity contribution is 0.286. The van der Waals surface area contributed by atoms with E-state index in [-0.39, 0.29) is 0 Å². The SMILES string of the molecule is COc1c(-c2cncnc2)ccc2c1CN(C)CC2c1ccc2ccccc2c1. The van der Waals surface area contributed by atoms with Crippen LogP contribution in [0.15, 0.2) is 73.3 Å². The van der Waals surface area contributed by atoms with Crippen LogP contribution in [-0.2, 0) is 6.54 Å². The van der Waals surface area contributed by atoms with Crippen molar-refractivity contribution in [3.63, 3.8) is 0 Å². The molecule has 29 heavy (non-hydrogen) atoms. The molecule has 0 aliphatic carbocycles. The Kier molecular flexibility index (Phi) is 4.49. The van der Waals surface area contributed by atoms with Crippen LogP contribution in [0.2, 0.25) is 0 Å². The van der Waals surface area contributed by atoms with Crippen LogP contribution in [0.25, 0.3) is 21.9 Å². The van der Waals surface area contributed by atoms with Crippen LogP contribution < -0.4 is 4.74 Å². The predicted molar refractivity (Wildman–Crippen MR) is 116 cm³/mol. The van der Waals surface area contributed by atoms with Gasteiger partial charge in [-0.25, -0.2) is 9.97 Å². The first-order chi connectivity index (χ1) is 14.2. The van der Waals surface area contributed by atoms with Gasteiger partial charge in [-0.2, -0.15) is 0 Å². The molecule has 3 aromatic carbocycles. The minimum atomic E-state index is 0.309. The summed E-state index contributed by atoms with van der Waals surface area (Å²) in [6.07, 6.45) is 5.23. The fourth-order valence-electron chi connectivity index (χ4n) is 4.49. The zero-order valence-electron chi connectivity index (χ0n) is 16.7. The summed E-state index contributed by atoms with van der Waals surface area (Å²) in [7, 11) is 3.93. The van der Waals surface area contributed by atoms with Crippen LogP contribution >= 0.6 is 0 Å². The molecule has 0 N–H and O–H groups in total. The van der Waals surface area contributed by atoms with Crippen LogP contribution in [0.5, 0.6) is 5.75 Å². The highest BCUT2D eigenvalue weighted by atomic mass is 16.5. The molecule has 144 valence electrons. The molecule has 0 bridgehead atoms. The van der Waals surface area contributed by atoms with Gasteiger partial charge in [0, 0.05) is 48.1 Å². The average Bonchev–Trinajstić information content (AvgIpc) is 2.78. The summed E-state index contributed by atoms with van der Waals surface area (Å²) < 4.78 is 5.92. The Morgan fingerprint density at radius 3 is 2.55 bits per heavy atom. The number of benzene rings is 3. The van der Waals surface area contributed by atoms with Crippen LogP contribution in [0.4, 0.5) is 0 Å². The first-order valence-corrected chi connectivity index (χ1v) is 9.87. The lowest BCUT2D eigenvalue weighted by Gasteiger charge is -2.34. The number of ether oxygens (including phenoxy) is 1. The quantitative estimate of drug-likeness (QED) is 0.507. The van der Waals surface area contributed by atoms with E-state index in [0.717, 1.165) is 30.0 Å². The van der Waals surface area contributed by atoms with E-state index < -0.39 is 0 Å². The smallest absolute Gasteiger partial charge is 0.131 e. The van der Waals surface area contributed by atoms with Crippen molar-refractivity contribution in [2.75, 3.05) is 20.7 Å². The van der Waals surface area contributed by atoms with Crippen molar-refractivity contribution in [1.29, 1.82) is 0 Å². The molecule has 2 heterocycles. The molecule has 1 aliphatic rings. The summed E-state index contributed by atoms with van der Waals surface area (Å²) >= 11 is 0. The van der Waals surface area contributed by atoms with Crippen molar-refractivity contribution in [3.05, 3.63) is 90.0 Å². The summed E-state index contributed by atoms with van der Waals surface area (Å²) in [5.74, 6) is 1.23. The Labute approximate surface area is 170 Å². The highest BCUT2D eigenvalue weighted by Gasteiger charge is 2.29. The Morgan fingerprint density at radius 1 is 0.966 bits per heavy atom. The average molecular weight is 381 g/mol. The lowest BCUT2D eigenvalue weighted by atomic mass is 9.82. The second-order valence-corrected chi connectivity index (χ2v) is 7.70. The highest BCUT2D eigenvalue weighted by molar-refractivity contribution is 5.83. The number of hydrogen-bond acceptors (Lipinski definition) is 4. The molecule has 0 radical (unpaired) electrons. The van der Waals surface area contributed by atoms with Crippen LogP contribution in [0.3, 0.4) is 0 Å². The molecule has 0 spiro atoms. The van der Waals surface area contributed by atoms with E-state index in [1.807, 2.05) is 12.4 Å². The van der Waals surface area contributed by atoms with Gasteiger partial charge in [-0.1, -0.05) is 54.6 Å². The van der Waals surface area contributed by atoms with E-state index in [1.165, 1.54) is 27.5 Å². The summed E-state index contributed by atoms with van der Waals surface area (Å²) in [4.78, 5) is 10.7. The predicted octanol–water partition coefficient (Wildman–Crippen LogP) is 4.88. The second kappa shape index (κ2) is 7.30. The van der Waals surface area contributed by atoms with Gasteiger partial charge in [0.15, 0.2) is 0 Å². The minimum absolute atomic E-state index is 0.309. The Balaban J connectivity index is 1.66. The molecular weight excluding hydrogens is 358 g/mol. The fourth-order valence-corrected chi connectivity index (χ4v) is 4.49. The topological polar surface area (TPSA) is 38.3 Å². The monoisotopic (exact) mass is 381 g/mol. The standard InChI is InChI=1S/C25H23N3O/c1-28-14-23(19-8-7-17-5-3-4-6-18(17)11-19)22-10-9-21(20-12-26-16-27-13-20)25(29-2)24(22)15-28/h3-13,16,23H,14-15H2,1-2H3. The third-order valence-corrected chi connectivity index (χ3v) is 5.85. The fraction of sp³-hybridized carbons (Fsp3) is 0.200. The third-order valence-electron chi connectivity index (χ3n) is 5.85. The highest BCUT2D eigenvalue weighted by Crippen LogP contribution is 2.42. The van der Waals surface area contributed by atoms with Gasteiger partial charge >= 0.3 is 0 Å². The first kappa shape index (κ1) is 17.8. The van der Waals surface area contributed by atoms with Gasteiger partial charge in [0.1, 0.15) is 12.1 Å². The van der Waals surface area contributed by atoms with E-state index in [2.05, 4.69) is 76.5 Å². The van der Waals surface area contributed by atoms with Gasteiger partial charge in [0.25, 0.3) is 0 Å². The molecule has 0 saturated carbocycles. The molecule has 5 rings (SSSR count). The number of rotatable bonds is 3. The maximum absolute atomic E-state index is 5.92. The summed E-state index contributed by atoms with van der Waals surface area (Å²) in [6.45, 7) is 1.85. The largest absolute Gasteiger partial charge is 0.496 e. The van der Waals surface area contributed by atoms with Crippen molar-refractivity contribution < 1.29 is 4.74 Å². The van der Waals surface area contributed by atoms with Crippen LogP contribution in [-0.4, -0.2) is 35.6 Å². The second-order valence-electron chi connectivity index (χ2n) is 7.70. The molecule has 1 atom stereocenters. The molecule has 1 aromatic heterocycles. The summed E-state index contributed by atoms with van der Waals surface area (Å²) in [5, 5.41) is 2.56. The lowest BCUT2D eigenvalue weighted by Crippen LogP contribution is -2.31. The maximum Gasteiger partial charge on any atom is 0.131 e. The number of nitrogens with zero attached hydrogens (tertiary/aromatic N) is 3. The minimum Gasteiger partial charge on any atom is -0.496 e. The van der Waals surface area contributed by atoms with Gasteiger partial charge in [0.05, 0.1) is 7.11 Å². The first-order valence-electron chi connectivity index (χ1n) is 9.87. The number of likely N-dealkylation sites (N-methyl/N-ethyl adjacent to an activating group) is 1. The van der Waals surface area contributed by atoms with Gasteiger partial charge in [0.2, 0.25) is 0 Å². The summed E-state index contributed by atoms with van der Waals surface area (Å²) in [6, 6.07) is 19.8. The van der Waals surface area contributed by atoms with Gasteiger partial charge in [-0.05, 0) is 28.9 Å². The molecule has 0 saturated heterocycles. The molecule has 1 unspecified atom stereocenters. The van der Waals surface area contributed by atoms with Crippen molar-refractivity contribution in [2.45, 2.75) is 12.5 Å². The maximum atomic E-state index is 5.92. The Hall–Kier alpha value is -3.24. The number of aromatic nitrogens is 2. The molecule has 4 aromatic rings. The van der Waals surface area contributed by atoms with E-state index in [0.29, 0.717) is 5.92 Å². The van der Waals surface area contributed by atoms with E-state index in [9.17, 15) is 0 Å². The van der Waals surface area contributed by atoms with Gasteiger partial charge in [-0.15, -0.1) is 0 Å². The van der Waals surface area contributed by atoms with Crippen molar-refractivity contribution in [2.24, 2.45) is 0 Å². The van der Waals surface area contributed by atoms with Gasteiger partial charge in [-0.3, -0.25) is 0 Å². The molecule has 4 nitrogen and oxygen atoms in total. The molecule has 0 fully saturated rings. The number of fused-ring (bicyclic) bond motifs is 2. The van der Waals surface area contributed by atoms with E-state index in [4.69, 9.17) is 4.74 Å². The molecular formula is C25H23N3O. The Bertz CT molecular complexity index is 1170. The van der Waals surface area contributed by atoms with Gasteiger partial charge < -0.3 is 9.64 Å². The van der Waals surface area contributed by atoms with E-state index >= 15 is 0 Å².